The second-order valence-corrected chi connectivity index (χ2v) is 7.51. The van der Waals surface area contributed by atoms with E-state index in [4.69, 9.17) is 9.84 Å². The van der Waals surface area contributed by atoms with Crippen LogP contribution < -0.4 is 10.1 Å². The molecule has 2 heterocycles. The zero-order valence-electron chi connectivity index (χ0n) is 16.5. The van der Waals surface area contributed by atoms with E-state index in [0.29, 0.717) is 30.0 Å². The molecular formula is C22H22N2O6. The van der Waals surface area contributed by atoms with E-state index in [1.807, 2.05) is 28.8 Å². The number of carboxylic acid groups (broad SMARTS) is 1. The smallest absolute Gasteiger partial charge is 0.322 e. The molecule has 8 nitrogen and oxygen atoms in total. The summed E-state index contributed by atoms with van der Waals surface area (Å²) in [4.78, 5) is 37.0. The van der Waals surface area contributed by atoms with Gasteiger partial charge < -0.3 is 24.8 Å². The molecule has 1 aliphatic carbocycles. The molecule has 3 N–H and O–H groups in total. The Bertz CT molecular complexity index is 1080. The zero-order chi connectivity index (χ0) is 21.5. The molecule has 1 aliphatic heterocycles. The van der Waals surface area contributed by atoms with Crippen molar-refractivity contribution in [3.8, 4) is 17.0 Å². The molecule has 2 aliphatic rings. The Labute approximate surface area is 172 Å². The lowest BCUT2D eigenvalue weighted by Gasteiger charge is -2.37. The first-order chi connectivity index (χ1) is 14.4. The average molecular weight is 410 g/mol. The molecule has 0 radical (unpaired) electrons. The third kappa shape index (κ3) is 2.87. The molecule has 0 atom stereocenters. The number of benzene rings is 1. The molecule has 1 fully saturated rings. The van der Waals surface area contributed by atoms with Crippen LogP contribution in [0.2, 0.25) is 0 Å². The van der Waals surface area contributed by atoms with Crippen molar-refractivity contribution in [1.29, 1.82) is 0 Å². The average Bonchev–Trinajstić information content (AvgIpc) is 3.39. The lowest BCUT2D eigenvalue weighted by Crippen LogP contribution is -2.48. The molecule has 1 spiro atoms. The van der Waals surface area contributed by atoms with Crippen LogP contribution in [0.1, 0.15) is 31.4 Å². The zero-order valence-corrected chi connectivity index (χ0v) is 16.5. The number of nitrogens with one attached hydrogen (secondary N) is 1. The number of methoxy groups -OCH3 is 1. The maximum atomic E-state index is 13.6. The number of aliphatic carboxylic acids is 1. The summed E-state index contributed by atoms with van der Waals surface area (Å²) in [6.07, 6.45) is 2.66. The minimum Gasteiger partial charge on any atom is -0.505 e. The number of ketones is 1. The van der Waals surface area contributed by atoms with E-state index in [-0.39, 0.29) is 5.57 Å². The summed E-state index contributed by atoms with van der Waals surface area (Å²) in [6, 6.07) is 10.9. The van der Waals surface area contributed by atoms with Crippen molar-refractivity contribution in [1.82, 2.24) is 9.88 Å². The molecule has 1 amide bonds. The van der Waals surface area contributed by atoms with Crippen molar-refractivity contribution in [2.75, 3.05) is 13.7 Å². The van der Waals surface area contributed by atoms with Crippen LogP contribution >= 0.6 is 0 Å². The summed E-state index contributed by atoms with van der Waals surface area (Å²) in [7, 11) is 1.57. The fourth-order valence-corrected chi connectivity index (χ4v) is 4.58. The number of Topliss-reactive ketones (excluding diaryl/α,β-unsaturated/α-hetero) is 1. The molecule has 0 bridgehead atoms. The molecular weight excluding hydrogens is 388 g/mol. The van der Waals surface area contributed by atoms with Crippen molar-refractivity contribution in [3.05, 3.63) is 47.7 Å². The summed E-state index contributed by atoms with van der Waals surface area (Å²) in [5.74, 6) is -2.41. The number of hydrogen-bond acceptors (Lipinski definition) is 5. The normalized spacial score (nSPS) is 17.2. The van der Waals surface area contributed by atoms with E-state index in [1.54, 1.807) is 19.2 Å². The van der Waals surface area contributed by atoms with Gasteiger partial charge in [-0.25, -0.2) is 0 Å². The van der Waals surface area contributed by atoms with Crippen molar-refractivity contribution < 1.29 is 29.3 Å². The van der Waals surface area contributed by atoms with Gasteiger partial charge in [0.1, 0.15) is 23.4 Å². The fraction of sp³-hybridized carbons (Fsp3) is 0.318. The second-order valence-electron chi connectivity index (χ2n) is 7.51. The maximum Gasteiger partial charge on any atom is 0.322 e. The van der Waals surface area contributed by atoms with Gasteiger partial charge in [0.25, 0.3) is 5.91 Å². The maximum absolute atomic E-state index is 13.6. The summed E-state index contributed by atoms with van der Waals surface area (Å²) >= 11 is 0. The van der Waals surface area contributed by atoms with Gasteiger partial charge in [-0.05, 0) is 37.1 Å². The van der Waals surface area contributed by atoms with Gasteiger partial charge in [0.15, 0.2) is 11.5 Å². The molecule has 0 saturated heterocycles. The van der Waals surface area contributed by atoms with Gasteiger partial charge in [-0.15, -0.1) is 0 Å². The van der Waals surface area contributed by atoms with E-state index in [1.165, 1.54) is 0 Å². The number of aliphatic hydroxyl groups is 1. The SMILES string of the molecule is COc1ccccc1-c1ccc2n1C1(CCCC1)C(=O)C(C(=O)NCC(=O)O)=C2O. The summed E-state index contributed by atoms with van der Waals surface area (Å²) in [5.41, 5.74) is 0.469. The van der Waals surface area contributed by atoms with Crippen LogP contribution in [0.25, 0.3) is 17.0 Å². The van der Waals surface area contributed by atoms with E-state index in [9.17, 15) is 19.5 Å². The fourth-order valence-electron chi connectivity index (χ4n) is 4.58. The predicted octanol–water partition coefficient (Wildman–Crippen LogP) is 2.49. The highest BCUT2D eigenvalue weighted by Gasteiger charge is 2.51. The van der Waals surface area contributed by atoms with E-state index < -0.39 is 35.5 Å². The van der Waals surface area contributed by atoms with E-state index in [2.05, 4.69) is 5.32 Å². The van der Waals surface area contributed by atoms with Gasteiger partial charge in [-0.1, -0.05) is 25.0 Å². The largest absolute Gasteiger partial charge is 0.505 e. The number of para-hydroxylation sites is 1. The quantitative estimate of drug-likeness (QED) is 0.652. The third-order valence-electron chi connectivity index (χ3n) is 5.88. The molecule has 1 aromatic carbocycles. The molecule has 0 unspecified atom stereocenters. The monoisotopic (exact) mass is 410 g/mol. The van der Waals surface area contributed by atoms with Crippen LogP contribution in [-0.2, 0) is 19.9 Å². The van der Waals surface area contributed by atoms with Crippen LogP contribution in [0.5, 0.6) is 5.75 Å². The Balaban J connectivity index is 1.91. The third-order valence-corrected chi connectivity index (χ3v) is 5.88. The number of aromatic nitrogens is 1. The van der Waals surface area contributed by atoms with Crippen molar-refractivity contribution in [2.45, 2.75) is 31.2 Å². The lowest BCUT2D eigenvalue weighted by molar-refractivity contribution is -0.138. The van der Waals surface area contributed by atoms with E-state index in [0.717, 1.165) is 18.4 Å². The second kappa shape index (κ2) is 7.37. The topological polar surface area (TPSA) is 118 Å². The minimum absolute atomic E-state index is 0.359. The van der Waals surface area contributed by atoms with Crippen molar-refractivity contribution in [3.63, 3.8) is 0 Å². The Morgan fingerprint density at radius 2 is 1.80 bits per heavy atom. The number of ether oxygens (including phenoxy) is 1. The van der Waals surface area contributed by atoms with Gasteiger partial charge in [0, 0.05) is 5.56 Å². The highest BCUT2D eigenvalue weighted by atomic mass is 16.5. The molecule has 30 heavy (non-hydrogen) atoms. The first-order valence-corrected chi connectivity index (χ1v) is 9.75. The van der Waals surface area contributed by atoms with Crippen molar-refractivity contribution >= 4 is 23.4 Å². The standard InChI is InChI=1S/C22H22N2O6/c1-30-16-7-3-2-6-13(16)14-8-9-15-19(27)18(21(29)23-12-17(25)26)20(28)22(24(14)15)10-4-5-11-22/h2-3,6-9,27H,4-5,10-12H2,1H3,(H,23,29)(H,25,26). The highest BCUT2D eigenvalue weighted by molar-refractivity contribution is 6.27. The molecule has 4 rings (SSSR count). The number of aliphatic hydroxyl groups excluding tert-OH is 1. The lowest BCUT2D eigenvalue weighted by atomic mass is 9.82. The first-order valence-electron chi connectivity index (χ1n) is 9.75. The first kappa shape index (κ1) is 19.8. The van der Waals surface area contributed by atoms with Crippen LogP contribution in [0, 0.1) is 0 Å². The number of carbonyl (C=O) groups is 3. The van der Waals surface area contributed by atoms with Gasteiger partial charge in [-0.2, -0.15) is 0 Å². The summed E-state index contributed by atoms with van der Waals surface area (Å²) in [6.45, 7) is -0.636. The Morgan fingerprint density at radius 1 is 1.13 bits per heavy atom. The van der Waals surface area contributed by atoms with Crippen LogP contribution in [0.3, 0.4) is 0 Å². The predicted molar refractivity (Wildman–Crippen MR) is 108 cm³/mol. The van der Waals surface area contributed by atoms with Gasteiger partial charge in [-0.3, -0.25) is 14.4 Å². The van der Waals surface area contributed by atoms with Gasteiger partial charge >= 0.3 is 5.97 Å². The Hall–Kier alpha value is -3.55. The van der Waals surface area contributed by atoms with E-state index >= 15 is 0 Å². The Kier molecular flexibility index (Phi) is 4.85. The van der Waals surface area contributed by atoms with Crippen molar-refractivity contribution in [2.24, 2.45) is 0 Å². The highest BCUT2D eigenvalue weighted by Crippen LogP contribution is 2.48. The number of hydrogen-bond donors (Lipinski definition) is 3. The van der Waals surface area contributed by atoms with Crippen LogP contribution in [-0.4, -0.2) is 46.1 Å². The van der Waals surface area contributed by atoms with Gasteiger partial charge in [0.05, 0.1) is 18.5 Å². The number of nitrogens with zero attached hydrogens (tertiary/aromatic N) is 1. The number of carboxylic acids is 1. The minimum atomic E-state index is -1.23. The van der Waals surface area contributed by atoms with Crippen LogP contribution in [0.15, 0.2) is 42.0 Å². The molecule has 8 heteroatoms. The number of rotatable bonds is 5. The number of amides is 1. The number of carbonyl (C=O) groups excluding carboxylic acids is 2. The Morgan fingerprint density at radius 3 is 2.47 bits per heavy atom. The molecule has 1 aromatic heterocycles. The van der Waals surface area contributed by atoms with Crippen LogP contribution in [0.4, 0.5) is 0 Å². The summed E-state index contributed by atoms with van der Waals surface area (Å²) < 4.78 is 7.31. The molecule has 2 aromatic rings. The van der Waals surface area contributed by atoms with Gasteiger partial charge in [0.2, 0.25) is 0 Å². The molecule has 1 saturated carbocycles. The summed E-state index contributed by atoms with van der Waals surface area (Å²) in [5, 5.41) is 21.9. The molecule has 156 valence electrons. The number of fused-ring (bicyclic) bond motifs is 2.